The topological polar surface area (TPSA) is 84.9 Å². The average Bonchev–Trinajstić information content (AvgIpc) is 2.78. The molecule has 2 aromatic carbocycles. The monoisotopic (exact) mass is 419 g/mol. The van der Waals surface area contributed by atoms with Crippen molar-refractivity contribution in [3.05, 3.63) is 82.2 Å². The van der Waals surface area contributed by atoms with E-state index in [2.05, 4.69) is 5.32 Å². The molecule has 6 nitrogen and oxygen atoms in total. The lowest BCUT2D eigenvalue weighted by molar-refractivity contribution is -0.140. The van der Waals surface area contributed by atoms with Crippen LogP contribution in [-0.2, 0) is 20.9 Å². The van der Waals surface area contributed by atoms with E-state index in [0.29, 0.717) is 28.8 Å². The molecule has 0 spiro atoms. The third kappa shape index (κ3) is 4.06. The van der Waals surface area contributed by atoms with Crippen molar-refractivity contribution in [1.82, 2.24) is 5.32 Å². The molecule has 1 heterocycles. The average molecular weight is 419 g/mol. The van der Waals surface area contributed by atoms with E-state index in [4.69, 9.17) is 9.47 Å². The fourth-order valence-corrected chi connectivity index (χ4v) is 4.26. The molecule has 1 atom stereocenters. The second kappa shape index (κ2) is 8.68. The van der Waals surface area contributed by atoms with Crippen LogP contribution in [0.3, 0.4) is 0 Å². The Kier molecular flexibility index (Phi) is 5.80. The van der Waals surface area contributed by atoms with E-state index in [1.54, 1.807) is 12.1 Å². The van der Waals surface area contributed by atoms with E-state index >= 15 is 0 Å². The van der Waals surface area contributed by atoms with Crippen molar-refractivity contribution in [3.8, 4) is 11.5 Å². The van der Waals surface area contributed by atoms with Gasteiger partial charge in [-0.15, -0.1) is 0 Å². The Morgan fingerprint density at radius 1 is 1.16 bits per heavy atom. The number of phenolic OH excluding ortho intramolecular Hbond substituents is 1. The van der Waals surface area contributed by atoms with Gasteiger partial charge in [0.25, 0.3) is 0 Å². The van der Waals surface area contributed by atoms with Crippen LogP contribution in [-0.4, -0.2) is 24.0 Å². The van der Waals surface area contributed by atoms with E-state index < -0.39 is 11.9 Å². The third-order valence-corrected chi connectivity index (χ3v) is 5.75. The Morgan fingerprint density at radius 3 is 2.68 bits per heavy atom. The number of esters is 1. The molecule has 0 saturated carbocycles. The van der Waals surface area contributed by atoms with E-state index in [0.717, 1.165) is 24.1 Å². The predicted octanol–water partition coefficient (Wildman–Crippen LogP) is 4.11. The van der Waals surface area contributed by atoms with Crippen molar-refractivity contribution < 1.29 is 24.2 Å². The van der Waals surface area contributed by atoms with Gasteiger partial charge in [0.15, 0.2) is 17.3 Å². The molecule has 0 radical (unpaired) electrons. The van der Waals surface area contributed by atoms with Crippen LogP contribution in [0.1, 0.15) is 43.2 Å². The summed E-state index contributed by atoms with van der Waals surface area (Å²) in [5.74, 6) is -0.751. The van der Waals surface area contributed by atoms with Gasteiger partial charge in [-0.2, -0.15) is 0 Å². The SMILES string of the molecule is COc1cc([C@@H]2C(C(=O)OCc3ccccc3)=C(C)NC3=C2C(=O)CCC3)ccc1O. The van der Waals surface area contributed by atoms with Crippen LogP contribution in [0.15, 0.2) is 71.1 Å². The Morgan fingerprint density at radius 2 is 1.94 bits per heavy atom. The minimum absolute atomic E-state index is 0.00161. The highest BCUT2D eigenvalue weighted by Crippen LogP contribution is 2.44. The number of Topliss-reactive ketones (excluding diaryl/α,β-unsaturated/α-hetero) is 1. The zero-order valence-corrected chi connectivity index (χ0v) is 17.6. The summed E-state index contributed by atoms with van der Waals surface area (Å²) in [5, 5.41) is 13.3. The fourth-order valence-electron chi connectivity index (χ4n) is 4.26. The Labute approximate surface area is 181 Å². The lowest BCUT2D eigenvalue weighted by atomic mass is 9.75. The van der Waals surface area contributed by atoms with Gasteiger partial charge in [-0.25, -0.2) is 4.79 Å². The number of allylic oxidation sites excluding steroid dienone is 3. The number of hydrogen-bond acceptors (Lipinski definition) is 6. The maximum absolute atomic E-state index is 13.2. The van der Waals surface area contributed by atoms with Gasteiger partial charge >= 0.3 is 5.97 Å². The molecule has 1 aliphatic heterocycles. The van der Waals surface area contributed by atoms with Crippen molar-refractivity contribution >= 4 is 11.8 Å². The van der Waals surface area contributed by atoms with Crippen LogP contribution >= 0.6 is 0 Å². The highest BCUT2D eigenvalue weighted by molar-refractivity contribution is 6.03. The van der Waals surface area contributed by atoms with Gasteiger partial charge in [-0.05, 0) is 43.0 Å². The predicted molar refractivity (Wildman–Crippen MR) is 115 cm³/mol. The van der Waals surface area contributed by atoms with Crippen LogP contribution in [0, 0.1) is 0 Å². The normalized spacial score (nSPS) is 18.4. The lowest BCUT2D eigenvalue weighted by Gasteiger charge is -2.34. The highest BCUT2D eigenvalue weighted by Gasteiger charge is 2.39. The second-order valence-corrected chi connectivity index (χ2v) is 7.76. The summed E-state index contributed by atoms with van der Waals surface area (Å²) in [5.41, 5.74) is 4.10. The lowest BCUT2D eigenvalue weighted by Crippen LogP contribution is -2.34. The second-order valence-electron chi connectivity index (χ2n) is 7.76. The molecule has 0 amide bonds. The van der Waals surface area contributed by atoms with Crippen molar-refractivity contribution in [3.63, 3.8) is 0 Å². The largest absolute Gasteiger partial charge is 0.504 e. The van der Waals surface area contributed by atoms with Crippen LogP contribution in [0.2, 0.25) is 0 Å². The molecule has 0 fully saturated rings. The van der Waals surface area contributed by atoms with Crippen LogP contribution in [0.5, 0.6) is 11.5 Å². The third-order valence-electron chi connectivity index (χ3n) is 5.75. The number of benzene rings is 2. The quantitative estimate of drug-likeness (QED) is 0.710. The van der Waals surface area contributed by atoms with E-state index in [1.165, 1.54) is 13.2 Å². The van der Waals surface area contributed by atoms with Crippen molar-refractivity contribution in [2.45, 2.75) is 38.7 Å². The molecule has 160 valence electrons. The van der Waals surface area contributed by atoms with Gasteiger partial charge in [0.05, 0.1) is 12.7 Å². The Balaban J connectivity index is 1.74. The van der Waals surface area contributed by atoms with Crippen molar-refractivity contribution in [2.24, 2.45) is 0 Å². The van der Waals surface area contributed by atoms with E-state index in [-0.39, 0.29) is 23.9 Å². The van der Waals surface area contributed by atoms with E-state index in [1.807, 2.05) is 37.3 Å². The number of ketones is 1. The zero-order valence-electron chi connectivity index (χ0n) is 17.6. The first-order chi connectivity index (χ1) is 15.0. The van der Waals surface area contributed by atoms with E-state index in [9.17, 15) is 14.7 Å². The van der Waals surface area contributed by atoms with Gasteiger partial charge < -0.3 is 19.9 Å². The molecule has 4 rings (SSSR count). The number of hydrogen-bond donors (Lipinski definition) is 2. The number of nitrogens with one attached hydrogen (secondary N) is 1. The molecule has 2 N–H and O–H groups in total. The summed E-state index contributed by atoms with van der Waals surface area (Å²) in [4.78, 5) is 26.2. The molecular weight excluding hydrogens is 394 g/mol. The number of carbonyl (C=O) groups is 2. The van der Waals surface area contributed by atoms with Crippen molar-refractivity contribution in [2.75, 3.05) is 7.11 Å². The fraction of sp³-hybridized carbons (Fsp3) is 0.280. The molecule has 0 bridgehead atoms. The van der Waals surface area contributed by atoms with Crippen LogP contribution in [0.25, 0.3) is 0 Å². The molecule has 2 aliphatic rings. The number of methoxy groups -OCH3 is 1. The molecular formula is C25H25NO5. The summed E-state index contributed by atoms with van der Waals surface area (Å²) in [7, 11) is 1.47. The molecule has 31 heavy (non-hydrogen) atoms. The van der Waals surface area contributed by atoms with Gasteiger partial charge in [0, 0.05) is 29.3 Å². The summed E-state index contributed by atoms with van der Waals surface area (Å²) >= 11 is 0. The standard InChI is InChI=1S/C25H25NO5/c1-15-22(25(29)31-14-16-7-4-3-5-8-16)23(17-11-12-19(27)21(13-17)30-2)24-18(26-15)9-6-10-20(24)28/h3-5,7-8,11-13,23,26-27H,6,9-10,14H2,1-2H3/t23-/m1/s1. The smallest absolute Gasteiger partial charge is 0.337 e. The van der Waals surface area contributed by atoms with Gasteiger partial charge in [-0.3, -0.25) is 4.79 Å². The van der Waals surface area contributed by atoms with Gasteiger partial charge in [-0.1, -0.05) is 36.4 Å². The number of aromatic hydroxyl groups is 1. The minimum Gasteiger partial charge on any atom is -0.504 e. The first kappa shape index (κ1) is 20.7. The Hall–Kier alpha value is -3.54. The van der Waals surface area contributed by atoms with Crippen LogP contribution < -0.4 is 10.1 Å². The van der Waals surface area contributed by atoms with Crippen molar-refractivity contribution in [1.29, 1.82) is 0 Å². The number of phenols is 1. The maximum atomic E-state index is 13.2. The van der Waals surface area contributed by atoms with Crippen LogP contribution in [0.4, 0.5) is 0 Å². The number of dihydropyridines is 1. The summed E-state index contributed by atoms with van der Waals surface area (Å²) < 4.78 is 10.9. The number of carbonyl (C=O) groups excluding carboxylic acids is 2. The van der Waals surface area contributed by atoms with Gasteiger partial charge in [0.2, 0.25) is 0 Å². The minimum atomic E-state index is -0.582. The number of ether oxygens (including phenoxy) is 2. The summed E-state index contributed by atoms with van der Waals surface area (Å²) in [6.45, 7) is 1.97. The summed E-state index contributed by atoms with van der Waals surface area (Å²) in [6.07, 6.45) is 1.96. The van der Waals surface area contributed by atoms with Gasteiger partial charge in [0.1, 0.15) is 6.61 Å². The maximum Gasteiger partial charge on any atom is 0.337 e. The molecule has 2 aromatic rings. The zero-order chi connectivity index (χ0) is 22.0. The first-order valence-corrected chi connectivity index (χ1v) is 10.3. The highest BCUT2D eigenvalue weighted by atomic mass is 16.5. The molecule has 0 aromatic heterocycles. The Bertz CT molecular complexity index is 1080. The first-order valence-electron chi connectivity index (χ1n) is 10.3. The summed E-state index contributed by atoms with van der Waals surface area (Å²) in [6, 6.07) is 14.4. The molecule has 1 aliphatic carbocycles. The molecule has 6 heteroatoms. The molecule has 0 saturated heterocycles. The number of rotatable bonds is 5. The molecule has 0 unspecified atom stereocenters.